The molecule has 1 aromatic carbocycles. The van der Waals surface area contributed by atoms with Crippen LogP contribution in [-0.4, -0.2) is 32.5 Å². The Morgan fingerprint density at radius 1 is 1.50 bits per heavy atom. The lowest BCUT2D eigenvalue weighted by Gasteiger charge is -2.17. The lowest BCUT2D eigenvalue weighted by Crippen LogP contribution is -2.32. The zero-order chi connectivity index (χ0) is 16.3. The first-order chi connectivity index (χ1) is 10.4. The third kappa shape index (κ3) is 3.31. The van der Waals surface area contributed by atoms with Crippen molar-refractivity contribution in [2.45, 2.75) is 12.5 Å². The molecule has 1 amide bonds. The van der Waals surface area contributed by atoms with Gasteiger partial charge >= 0.3 is 6.09 Å². The van der Waals surface area contributed by atoms with Crippen LogP contribution in [0.25, 0.3) is 5.69 Å². The van der Waals surface area contributed by atoms with Gasteiger partial charge in [-0.25, -0.2) is 23.2 Å². The van der Waals surface area contributed by atoms with Gasteiger partial charge in [0.1, 0.15) is 6.33 Å². The minimum atomic E-state index is -2.83. The van der Waals surface area contributed by atoms with Gasteiger partial charge < -0.3 is 16.2 Å². The van der Waals surface area contributed by atoms with Gasteiger partial charge in [0.15, 0.2) is 5.82 Å². The van der Waals surface area contributed by atoms with Crippen molar-refractivity contribution in [3.8, 4) is 5.69 Å². The van der Waals surface area contributed by atoms with E-state index in [1.807, 2.05) is 0 Å². The Balaban J connectivity index is 2.46. The van der Waals surface area contributed by atoms with Crippen LogP contribution >= 0.6 is 11.6 Å². The first-order valence-electron chi connectivity index (χ1n) is 6.11. The first kappa shape index (κ1) is 16.1. The summed E-state index contributed by atoms with van der Waals surface area (Å²) in [5.41, 5.74) is 6.16. The SMILES string of the molecule is NC[C@@H](NC(=O)O)c1ccc(Cl)c(-n2ncnc2C(F)F)c1. The molecule has 0 aliphatic heterocycles. The lowest BCUT2D eigenvalue weighted by atomic mass is 10.1. The molecule has 22 heavy (non-hydrogen) atoms. The van der Waals surface area contributed by atoms with Crippen LogP contribution in [0, 0.1) is 0 Å². The van der Waals surface area contributed by atoms with E-state index in [0.29, 0.717) is 5.56 Å². The van der Waals surface area contributed by atoms with Crippen molar-refractivity contribution in [2.75, 3.05) is 6.54 Å². The van der Waals surface area contributed by atoms with Crippen LogP contribution in [0.5, 0.6) is 0 Å². The van der Waals surface area contributed by atoms with Crippen molar-refractivity contribution in [3.63, 3.8) is 0 Å². The molecule has 1 atom stereocenters. The van der Waals surface area contributed by atoms with Crippen molar-refractivity contribution in [2.24, 2.45) is 5.73 Å². The number of halogens is 3. The molecule has 1 aromatic heterocycles. The first-order valence-corrected chi connectivity index (χ1v) is 6.49. The number of hydrogen-bond donors (Lipinski definition) is 3. The number of carboxylic acid groups (broad SMARTS) is 1. The summed E-state index contributed by atoms with van der Waals surface area (Å²) in [6.07, 6.45) is -3.09. The summed E-state index contributed by atoms with van der Waals surface area (Å²) >= 11 is 6.02. The molecule has 4 N–H and O–H groups in total. The number of nitrogens with zero attached hydrogens (tertiary/aromatic N) is 3. The highest BCUT2D eigenvalue weighted by atomic mass is 35.5. The van der Waals surface area contributed by atoms with E-state index in [9.17, 15) is 13.6 Å². The van der Waals surface area contributed by atoms with Crippen molar-refractivity contribution in [3.05, 3.63) is 40.9 Å². The van der Waals surface area contributed by atoms with Gasteiger partial charge in [-0.05, 0) is 17.7 Å². The Hall–Kier alpha value is -2.26. The predicted octanol–water partition coefficient (Wildman–Crippen LogP) is 2.13. The Morgan fingerprint density at radius 2 is 2.23 bits per heavy atom. The number of nitrogens with one attached hydrogen (secondary N) is 1. The van der Waals surface area contributed by atoms with E-state index >= 15 is 0 Å². The predicted molar refractivity (Wildman–Crippen MR) is 74.3 cm³/mol. The van der Waals surface area contributed by atoms with E-state index in [1.165, 1.54) is 12.1 Å². The maximum atomic E-state index is 12.9. The molecule has 2 rings (SSSR count). The van der Waals surface area contributed by atoms with E-state index in [-0.39, 0.29) is 17.3 Å². The number of benzene rings is 1. The molecular formula is C12H12ClF2N5O2. The van der Waals surface area contributed by atoms with Crippen LogP contribution in [0.1, 0.15) is 23.9 Å². The third-order valence-corrected chi connectivity index (χ3v) is 3.22. The zero-order valence-electron chi connectivity index (χ0n) is 11.1. The van der Waals surface area contributed by atoms with Crippen LogP contribution in [0.3, 0.4) is 0 Å². The molecule has 0 radical (unpaired) electrons. The molecule has 2 aromatic rings. The van der Waals surface area contributed by atoms with Gasteiger partial charge in [-0.2, -0.15) is 5.10 Å². The highest BCUT2D eigenvalue weighted by Crippen LogP contribution is 2.27. The van der Waals surface area contributed by atoms with Crippen molar-refractivity contribution in [1.82, 2.24) is 20.1 Å². The number of carbonyl (C=O) groups is 1. The van der Waals surface area contributed by atoms with Crippen molar-refractivity contribution in [1.29, 1.82) is 0 Å². The van der Waals surface area contributed by atoms with Crippen LogP contribution in [0.15, 0.2) is 24.5 Å². The smallest absolute Gasteiger partial charge is 0.405 e. The van der Waals surface area contributed by atoms with Gasteiger partial charge in [-0.3, -0.25) is 0 Å². The largest absolute Gasteiger partial charge is 0.465 e. The topological polar surface area (TPSA) is 106 Å². The Labute approximate surface area is 128 Å². The summed E-state index contributed by atoms with van der Waals surface area (Å²) < 4.78 is 26.7. The molecule has 0 spiro atoms. The summed E-state index contributed by atoms with van der Waals surface area (Å²) in [6, 6.07) is 3.75. The highest BCUT2D eigenvalue weighted by molar-refractivity contribution is 6.32. The summed E-state index contributed by atoms with van der Waals surface area (Å²) in [5.74, 6) is -0.561. The van der Waals surface area contributed by atoms with Gasteiger partial charge in [0.2, 0.25) is 0 Å². The normalized spacial score (nSPS) is 12.4. The summed E-state index contributed by atoms with van der Waals surface area (Å²) in [5, 5.41) is 14.9. The Bertz CT molecular complexity index is 679. The van der Waals surface area contributed by atoms with Gasteiger partial charge in [0.05, 0.1) is 16.8 Å². The number of nitrogens with two attached hydrogens (primary N) is 1. The molecule has 118 valence electrons. The molecule has 10 heteroatoms. The fourth-order valence-corrected chi connectivity index (χ4v) is 2.12. The summed E-state index contributed by atoms with van der Waals surface area (Å²) in [4.78, 5) is 14.2. The molecule has 0 saturated carbocycles. The minimum Gasteiger partial charge on any atom is -0.465 e. The fraction of sp³-hybridized carbons (Fsp3) is 0.250. The maximum absolute atomic E-state index is 12.9. The fourth-order valence-electron chi connectivity index (χ4n) is 1.92. The van der Waals surface area contributed by atoms with E-state index < -0.39 is 24.4 Å². The lowest BCUT2D eigenvalue weighted by molar-refractivity contribution is 0.137. The van der Waals surface area contributed by atoms with Gasteiger partial charge in [0.25, 0.3) is 6.43 Å². The molecule has 0 fully saturated rings. The number of hydrogen-bond acceptors (Lipinski definition) is 4. The van der Waals surface area contributed by atoms with Crippen molar-refractivity contribution < 1.29 is 18.7 Å². The molecule has 0 aliphatic rings. The van der Waals surface area contributed by atoms with Crippen LogP contribution < -0.4 is 11.1 Å². The molecular weight excluding hydrogens is 320 g/mol. The maximum Gasteiger partial charge on any atom is 0.405 e. The average molecular weight is 332 g/mol. The third-order valence-electron chi connectivity index (χ3n) is 2.90. The zero-order valence-corrected chi connectivity index (χ0v) is 11.8. The standard InChI is InChI=1S/C12H12ClF2N5O2/c13-7-2-1-6(8(4-16)19-12(21)22)3-9(7)20-11(10(14)15)17-5-18-20/h1-3,5,8,10,19H,4,16H2,(H,21,22)/t8-/m1/s1. The monoisotopic (exact) mass is 331 g/mol. The average Bonchev–Trinajstić information content (AvgIpc) is 2.94. The number of amides is 1. The van der Waals surface area contributed by atoms with E-state index in [0.717, 1.165) is 11.0 Å². The van der Waals surface area contributed by atoms with Gasteiger partial charge in [0, 0.05) is 6.54 Å². The molecule has 0 bridgehead atoms. The van der Waals surface area contributed by atoms with E-state index in [2.05, 4.69) is 15.4 Å². The van der Waals surface area contributed by atoms with E-state index in [1.54, 1.807) is 6.07 Å². The molecule has 0 aliphatic carbocycles. The van der Waals surface area contributed by atoms with Gasteiger partial charge in [-0.15, -0.1) is 0 Å². The molecule has 7 nitrogen and oxygen atoms in total. The highest BCUT2D eigenvalue weighted by Gasteiger charge is 2.20. The van der Waals surface area contributed by atoms with Crippen LogP contribution in [-0.2, 0) is 0 Å². The summed E-state index contributed by atoms with van der Waals surface area (Å²) in [7, 11) is 0. The second-order valence-corrected chi connectivity index (χ2v) is 4.69. The second-order valence-electron chi connectivity index (χ2n) is 4.28. The van der Waals surface area contributed by atoms with Crippen LogP contribution in [0.2, 0.25) is 5.02 Å². The minimum absolute atomic E-state index is 0.00751. The molecule has 0 saturated heterocycles. The number of aromatic nitrogens is 3. The Kier molecular flexibility index (Phi) is 4.88. The Morgan fingerprint density at radius 3 is 2.82 bits per heavy atom. The quantitative estimate of drug-likeness (QED) is 0.778. The second kappa shape index (κ2) is 6.67. The summed E-state index contributed by atoms with van der Waals surface area (Å²) in [6.45, 7) is -0.00751. The van der Waals surface area contributed by atoms with Gasteiger partial charge in [-0.1, -0.05) is 17.7 Å². The van der Waals surface area contributed by atoms with E-state index in [4.69, 9.17) is 22.4 Å². The number of rotatable bonds is 5. The molecule has 0 unspecified atom stereocenters. The number of alkyl halides is 2. The van der Waals surface area contributed by atoms with Crippen LogP contribution in [0.4, 0.5) is 13.6 Å². The molecule has 1 heterocycles. The van der Waals surface area contributed by atoms with Crippen molar-refractivity contribution >= 4 is 17.7 Å².